The molecule has 1 aromatic heterocycles. The Hall–Kier alpha value is -1.29. The number of hydrogen-bond acceptors (Lipinski definition) is 4. The van der Waals surface area contributed by atoms with Gasteiger partial charge in [-0.2, -0.15) is 0 Å². The first-order valence-electron chi connectivity index (χ1n) is 5.75. The zero-order chi connectivity index (χ0) is 11.4. The summed E-state index contributed by atoms with van der Waals surface area (Å²) >= 11 is 0. The molecule has 0 spiro atoms. The second kappa shape index (κ2) is 5.16. The fourth-order valence-electron chi connectivity index (χ4n) is 2.02. The van der Waals surface area contributed by atoms with Gasteiger partial charge in [-0.25, -0.2) is 0 Å². The number of rotatable bonds is 4. The SMILES string of the molecule is CNc1cncc(OCC2CCCN2C)c1. The molecule has 4 heteroatoms. The van der Waals surface area contributed by atoms with Crippen molar-refractivity contribution in [3.05, 3.63) is 18.5 Å². The van der Waals surface area contributed by atoms with Crippen LogP contribution in [0.4, 0.5) is 5.69 Å². The van der Waals surface area contributed by atoms with E-state index in [1.807, 2.05) is 13.1 Å². The number of hydrogen-bond donors (Lipinski definition) is 1. The molecule has 1 unspecified atom stereocenters. The maximum Gasteiger partial charge on any atom is 0.139 e. The number of ether oxygens (including phenoxy) is 1. The highest BCUT2D eigenvalue weighted by molar-refractivity contribution is 5.44. The van der Waals surface area contributed by atoms with E-state index in [1.165, 1.54) is 19.4 Å². The predicted octanol–water partition coefficient (Wildman–Crippen LogP) is 1.60. The number of likely N-dealkylation sites (tertiary alicyclic amines) is 1. The zero-order valence-electron chi connectivity index (χ0n) is 9.94. The van der Waals surface area contributed by atoms with Gasteiger partial charge in [0, 0.05) is 19.2 Å². The third-order valence-corrected chi connectivity index (χ3v) is 3.12. The fourth-order valence-corrected chi connectivity index (χ4v) is 2.02. The van der Waals surface area contributed by atoms with Crippen LogP contribution in [0.1, 0.15) is 12.8 Å². The molecule has 1 aliphatic rings. The summed E-state index contributed by atoms with van der Waals surface area (Å²) in [5.41, 5.74) is 0.984. The van der Waals surface area contributed by atoms with Crippen molar-refractivity contribution in [2.24, 2.45) is 0 Å². The largest absolute Gasteiger partial charge is 0.490 e. The van der Waals surface area contributed by atoms with Crippen LogP contribution >= 0.6 is 0 Å². The van der Waals surface area contributed by atoms with Gasteiger partial charge in [0.05, 0.1) is 18.1 Å². The highest BCUT2D eigenvalue weighted by Gasteiger charge is 2.21. The Balaban J connectivity index is 1.88. The van der Waals surface area contributed by atoms with Crippen LogP contribution in [0.5, 0.6) is 5.75 Å². The highest BCUT2D eigenvalue weighted by Crippen LogP contribution is 2.18. The number of likely N-dealkylation sites (N-methyl/N-ethyl adjacent to an activating group) is 1. The quantitative estimate of drug-likeness (QED) is 0.838. The summed E-state index contributed by atoms with van der Waals surface area (Å²) in [5.74, 6) is 0.840. The molecule has 1 fully saturated rings. The van der Waals surface area contributed by atoms with Crippen LogP contribution in [-0.2, 0) is 0 Å². The number of nitrogens with one attached hydrogen (secondary N) is 1. The molecule has 0 radical (unpaired) electrons. The predicted molar refractivity (Wildman–Crippen MR) is 64.9 cm³/mol. The van der Waals surface area contributed by atoms with Crippen molar-refractivity contribution in [3.63, 3.8) is 0 Å². The lowest BCUT2D eigenvalue weighted by molar-refractivity contribution is 0.198. The van der Waals surface area contributed by atoms with Crippen LogP contribution in [0.2, 0.25) is 0 Å². The van der Waals surface area contributed by atoms with E-state index >= 15 is 0 Å². The Morgan fingerprint density at radius 1 is 1.56 bits per heavy atom. The van der Waals surface area contributed by atoms with E-state index in [4.69, 9.17) is 4.74 Å². The second-order valence-corrected chi connectivity index (χ2v) is 4.25. The van der Waals surface area contributed by atoms with E-state index in [9.17, 15) is 0 Å². The van der Waals surface area contributed by atoms with Gasteiger partial charge in [0.25, 0.3) is 0 Å². The molecule has 88 valence electrons. The van der Waals surface area contributed by atoms with Gasteiger partial charge in [0.2, 0.25) is 0 Å². The molecule has 0 saturated carbocycles. The van der Waals surface area contributed by atoms with Gasteiger partial charge in [0.1, 0.15) is 12.4 Å². The smallest absolute Gasteiger partial charge is 0.139 e. The molecule has 1 aromatic rings. The highest BCUT2D eigenvalue weighted by atomic mass is 16.5. The summed E-state index contributed by atoms with van der Waals surface area (Å²) in [5, 5.41) is 3.05. The Kier molecular flexibility index (Phi) is 3.62. The minimum atomic E-state index is 0.554. The number of aromatic nitrogens is 1. The van der Waals surface area contributed by atoms with Gasteiger partial charge in [-0.05, 0) is 26.4 Å². The molecule has 0 aliphatic carbocycles. The second-order valence-electron chi connectivity index (χ2n) is 4.25. The summed E-state index contributed by atoms with van der Waals surface area (Å²) in [6, 6.07) is 2.53. The van der Waals surface area contributed by atoms with Gasteiger partial charge in [-0.15, -0.1) is 0 Å². The van der Waals surface area contributed by atoms with E-state index in [0.29, 0.717) is 6.04 Å². The molecule has 0 aromatic carbocycles. The van der Waals surface area contributed by atoms with Crippen LogP contribution in [0, 0.1) is 0 Å². The van der Waals surface area contributed by atoms with Crippen LogP contribution in [0.25, 0.3) is 0 Å². The summed E-state index contributed by atoms with van der Waals surface area (Å²) in [6.07, 6.45) is 6.05. The molecule has 1 aliphatic heterocycles. The van der Waals surface area contributed by atoms with Crippen molar-refractivity contribution in [2.45, 2.75) is 18.9 Å². The van der Waals surface area contributed by atoms with Crippen molar-refractivity contribution in [1.82, 2.24) is 9.88 Å². The maximum atomic E-state index is 5.76. The first-order chi connectivity index (χ1) is 7.79. The van der Waals surface area contributed by atoms with Crippen molar-refractivity contribution >= 4 is 5.69 Å². The van der Waals surface area contributed by atoms with Gasteiger partial charge in [-0.1, -0.05) is 0 Å². The molecular formula is C12H19N3O. The molecule has 0 bridgehead atoms. The number of anilines is 1. The lowest BCUT2D eigenvalue weighted by Gasteiger charge is -2.19. The molecule has 1 saturated heterocycles. The number of pyridine rings is 1. The molecule has 16 heavy (non-hydrogen) atoms. The van der Waals surface area contributed by atoms with Crippen LogP contribution in [0.15, 0.2) is 18.5 Å². The molecule has 2 heterocycles. The van der Waals surface area contributed by atoms with Crippen molar-refractivity contribution < 1.29 is 4.74 Å². The van der Waals surface area contributed by atoms with Crippen LogP contribution in [-0.4, -0.2) is 43.2 Å². The van der Waals surface area contributed by atoms with Crippen molar-refractivity contribution in [2.75, 3.05) is 32.6 Å². The molecule has 1 N–H and O–H groups in total. The molecule has 1 atom stereocenters. The molecule has 4 nitrogen and oxygen atoms in total. The summed E-state index contributed by atoms with van der Waals surface area (Å²) < 4.78 is 5.76. The topological polar surface area (TPSA) is 37.4 Å². The van der Waals surface area contributed by atoms with Crippen LogP contribution < -0.4 is 10.1 Å². The van der Waals surface area contributed by atoms with E-state index < -0.39 is 0 Å². The minimum absolute atomic E-state index is 0.554. The Labute approximate surface area is 96.6 Å². The van der Waals surface area contributed by atoms with Gasteiger partial charge in [0.15, 0.2) is 0 Å². The third kappa shape index (κ3) is 2.64. The van der Waals surface area contributed by atoms with E-state index in [2.05, 4.69) is 22.2 Å². The Bertz CT molecular complexity index is 343. The van der Waals surface area contributed by atoms with Crippen molar-refractivity contribution in [1.29, 1.82) is 0 Å². The normalized spacial score (nSPS) is 21.0. The van der Waals surface area contributed by atoms with Gasteiger partial charge < -0.3 is 15.0 Å². The maximum absolute atomic E-state index is 5.76. The third-order valence-electron chi connectivity index (χ3n) is 3.12. The average Bonchev–Trinajstić information content (AvgIpc) is 2.72. The average molecular weight is 221 g/mol. The molecular weight excluding hydrogens is 202 g/mol. The first-order valence-corrected chi connectivity index (χ1v) is 5.75. The van der Waals surface area contributed by atoms with E-state index in [1.54, 1.807) is 12.4 Å². The van der Waals surface area contributed by atoms with Crippen LogP contribution in [0.3, 0.4) is 0 Å². The molecule has 2 rings (SSSR count). The number of nitrogens with zero attached hydrogens (tertiary/aromatic N) is 2. The first kappa shape index (κ1) is 11.2. The molecule has 0 amide bonds. The lowest BCUT2D eigenvalue weighted by Crippen LogP contribution is -2.30. The minimum Gasteiger partial charge on any atom is -0.490 e. The van der Waals surface area contributed by atoms with Gasteiger partial charge >= 0.3 is 0 Å². The lowest BCUT2D eigenvalue weighted by atomic mass is 10.2. The summed E-state index contributed by atoms with van der Waals surface area (Å²) in [4.78, 5) is 6.48. The Morgan fingerprint density at radius 2 is 2.44 bits per heavy atom. The monoisotopic (exact) mass is 221 g/mol. The van der Waals surface area contributed by atoms with Gasteiger partial charge in [-0.3, -0.25) is 4.98 Å². The zero-order valence-corrected chi connectivity index (χ0v) is 9.94. The van der Waals surface area contributed by atoms with E-state index in [-0.39, 0.29) is 0 Å². The summed E-state index contributed by atoms with van der Waals surface area (Å²) in [6.45, 7) is 1.94. The fraction of sp³-hybridized carbons (Fsp3) is 0.583. The standard InChI is InChI=1S/C12H19N3O/c1-13-10-6-12(8-14-7-10)16-9-11-4-3-5-15(11)2/h6-8,11,13H,3-5,9H2,1-2H3. The summed E-state index contributed by atoms with van der Waals surface area (Å²) in [7, 11) is 4.04. The van der Waals surface area contributed by atoms with E-state index in [0.717, 1.165) is 18.0 Å². The van der Waals surface area contributed by atoms with Crippen molar-refractivity contribution in [3.8, 4) is 5.75 Å². The Morgan fingerprint density at radius 3 is 3.12 bits per heavy atom.